The van der Waals surface area contributed by atoms with E-state index in [2.05, 4.69) is 26.5 Å². The molecule has 0 fully saturated rings. The number of aromatic nitrogens is 5. The van der Waals surface area contributed by atoms with Crippen LogP contribution in [0, 0.1) is 11.3 Å². The lowest BCUT2D eigenvalue weighted by Gasteiger charge is -2.04. The monoisotopic (exact) mass is 386 g/mol. The molecule has 0 aliphatic heterocycles. The molecule has 0 aliphatic rings. The number of thiazole rings is 1. The predicted octanol–water partition coefficient (Wildman–Crippen LogP) is 3.34. The van der Waals surface area contributed by atoms with Crippen LogP contribution in [0.15, 0.2) is 66.0 Å². The van der Waals surface area contributed by atoms with Crippen molar-refractivity contribution >= 4 is 17.1 Å². The lowest BCUT2D eigenvalue weighted by atomic mass is 10.1. The summed E-state index contributed by atoms with van der Waals surface area (Å²) in [6.45, 7) is -0.141. The third-order valence-electron chi connectivity index (χ3n) is 4.07. The molecule has 1 unspecified atom stereocenters. The van der Waals surface area contributed by atoms with Crippen LogP contribution in [0.4, 0.5) is 0 Å². The minimum atomic E-state index is -0.964. The van der Waals surface area contributed by atoms with Gasteiger partial charge in [-0.25, -0.2) is 4.98 Å². The Balaban J connectivity index is 1.50. The number of ketones is 1. The van der Waals surface area contributed by atoms with Crippen molar-refractivity contribution in [1.29, 1.82) is 5.26 Å². The summed E-state index contributed by atoms with van der Waals surface area (Å²) in [5, 5.41) is 24.0. The number of Topliss-reactive ketones (excluding diaryl/α,β-unsaturated/α-hetero) is 1. The quantitative estimate of drug-likeness (QED) is 0.504. The molecule has 2 aromatic carbocycles. The van der Waals surface area contributed by atoms with E-state index in [9.17, 15) is 10.1 Å². The first-order valence-corrected chi connectivity index (χ1v) is 9.39. The molecule has 136 valence electrons. The zero-order valence-corrected chi connectivity index (χ0v) is 15.5. The van der Waals surface area contributed by atoms with E-state index in [1.54, 1.807) is 0 Å². The van der Waals surface area contributed by atoms with E-state index in [1.165, 1.54) is 16.1 Å². The van der Waals surface area contributed by atoms with Crippen LogP contribution >= 0.6 is 11.3 Å². The van der Waals surface area contributed by atoms with E-state index >= 15 is 0 Å². The Morgan fingerprint density at radius 2 is 1.75 bits per heavy atom. The van der Waals surface area contributed by atoms with Crippen LogP contribution in [-0.4, -0.2) is 31.0 Å². The highest BCUT2D eigenvalue weighted by Gasteiger charge is 2.25. The van der Waals surface area contributed by atoms with Crippen molar-refractivity contribution < 1.29 is 4.79 Å². The number of carbonyl (C=O) groups is 1. The summed E-state index contributed by atoms with van der Waals surface area (Å²) in [7, 11) is 0. The highest BCUT2D eigenvalue weighted by atomic mass is 32.1. The summed E-state index contributed by atoms with van der Waals surface area (Å²) in [6, 6.07) is 21.1. The summed E-state index contributed by atoms with van der Waals surface area (Å²) in [5.41, 5.74) is 2.50. The SMILES string of the molecule is N#CC(C(=O)Cn1nnc(-c2ccccc2)n1)c1nc(-c2ccccc2)cs1. The minimum Gasteiger partial charge on any atom is -0.296 e. The van der Waals surface area contributed by atoms with Gasteiger partial charge in [0.15, 0.2) is 11.7 Å². The zero-order valence-electron chi connectivity index (χ0n) is 14.6. The van der Waals surface area contributed by atoms with Gasteiger partial charge in [-0.2, -0.15) is 10.1 Å². The highest BCUT2D eigenvalue weighted by molar-refractivity contribution is 7.10. The molecular weight excluding hydrogens is 372 g/mol. The predicted molar refractivity (Wildman–Crippen MR) is 104 cm³/mol. The second-order valence-corrected chi connectivity index (χ2v) is 6.86. The van der Waals surface area contributed by atoms with Crippen LogP contribution in [0.5, 0.6) is 0 Å². The van der Waals surface area contributed by atoms with Gasteiger partial charge in [0.1, 0.15) is 11.6 Å². The van der Waals surface area contributed by atoms with Crippen LogP contribution in [0.25, 0.3) is 22.6 Å². The lowest BCUT2D eigenvalue weighted by molar-refractivity contribution is -0.120. The van der Waals surface area contributed by atoms with Crippen molar-refractivity contribution in [2.24, 2.45) is 0 Å². The van der Waals surface area contributed by atoms with E-state index in [0.29, 0.717) is 10.8 Å². The Kier molecular flexibility index (Phi) is 4.99. The fourth-order valence-electron chi connectivity index (χ4n) is 2.67. The number of carbonyl (C=O) groups excluding carboxylic acids is 1. The average Bonchev–Trinajstić information content (AvgIpc) is 3.40. The Morgan fingerprint density at radius 3 is 2.43 bits per heavy atom. The maximum absolute atomic E-state index is 12.7. The molecule has 0 aliphatic carbocycles. The second-order valence-electron chi connectivity index (χ2n) is 5.97. The number of hydrogen-bond donors (Lipinski definition) is 0. The van der Waals surface area contributed by atoms with E-state index in [0.717, 1.165) is 16.8 Å². The van der Waals surface area contributed by atoms with E-state index in [-0.39, 0.29) is 12.3 Å². The van der Waals surface area contributed by atoms with Crippen LogP contribution in [0.2, 0.25) is 0 Å². The molecule has 28 heavy (non-hydrogen) atoms. The second kappa shape index (κ2) is 7.90. The standard InChI is InChI=1S/C20H14N6OS/c21-11-16(20-22-17(13-28-20)14-7-3-1-4-8-14)18(27)12-26-24-19(23-25-26)15-9-5-2-6-10-15/h1-10,13,16H,12H2. The minimum absolute atomic E-state index is 0.141. The molecule has 0 amide bonds. The van der Waals surface area contributed by atoms with Gasteiger partial charge >= 0.3 is 0 Å². The zero-order chi connectivity index (χ0) is 19.3. The fraction of sp³-hybridized carbons (Fsp3) is 0.100. The Morgan fingerprint density at radius 1 is 1.07 bits per heavy atom. The van der Waals surface area contributed by atoms with Gasteiger partial charge in [0, 0.05) is 16.5 Å². The van der Waals surface area contributed by atoms with Crippen molar-refractivity contribution in [3.05, 3.63) is 71.1 Å². The summed E-state index contributed by atoms with van der Waals surface area (Å²) >= 11 is 1.30. The van der Waals surface area contributed by atoms with Gasteiger partial charge in [0.05, 0.1) is 11.8 Å². The summed E-state index contributed by atoms with van der Waals surface area (Å²) in [4.78, 5) is 18.3. The molecule has 2 heterocycles. The molecule has 0 radical (unpaired) electrons. The van der Waals surface area contributed by atoms with Crippen molar-refractivity contribution in [1.82, 2.24) is 25.2 Å². The van der Waals surface area contributed by atoms with Crippen molar-refractivity contribution in [2.45, 2.75) is 12.5 Å². The normalized spacial score (nSPS) is 11.7. The molecular formula is C20H14N6OS. The van der Waals surface area contributed by atoms with Gasteiger partial charge in [-0.05, 0) is 5.21 Å². The van der Waals surface area contributed by atoms with Crippen molar-refractivity contribution in [2.75, 3.05) is 0 Å². The molecule has 1 atom stereocenters. The fourth-order valence-corrected chi connectivity index (χ4v) is 3.56. The van der Waals surface area contributed by atoms with Gasteiger partial charge < -0.3 is 0 Å². The number of benzene rings is 2. The molecule has 8 heteroatoms. The van der Waals surface area contributed by atoms with Crippen LogP contribution in [0.1, 0.15) is 10.9 Å². The summed E-state index contributed by atoms with van der Waals surface area (Å²) < 4.78 is 0. The molecule has 0 saturated heterocycles. The van der Waals surface area contributed by atoms with Crippen molar-refractivity contribution in [3.8, 4) is 28.7 Å². The molecule has 4 rings (SSSR count). The number of nitriles is 1. The lowest BCUT2D eigenvalue weighted by Crippen LogP contribution is -2.19. The highest BCUT2D eigenvalue weighted by Crippen LogP contribution is 2.27. The molecule has 0 N–H and O–H groups in total. The maximum atomic E-state index is 12.7. The van der Waals surface area contributed by atoms with Gasteiger partial charge in [-0.3, -0.25) is 4.79 Å². The third kappa shape index (κ3) is 3.70. The molecule has 2 aromatic heterocycles. The van der Waals surface area contributed by atoms with Crippen LogP contribution < -0.4 is 0 Å². The van der Waals surface area contributed by atoms with Crippen LogP contribution in [0.3, 0.4) is 0 Å². The average molecular weight is 386 g/mol. The Labute approximate surface area is 164 Å². The van der Waals surface area contributed by atoms with E-state index in [1.807, 2.05) is 66.0 Å². The van der Waals surface area contributed by atoms with Crippen molar-refractivity contribution in [3.63, 3.8) is 0 Å². The molecule has 0 bridgehead atoms. The first-order chi connectivity index (χ1) is 13.7. The Bertz CT molecular complexity index is 1130. The van der Waals surface area contributed by atoms with Crippen LogP contribution in [-0.2, 0) is 11.3 Å². The van der Waals surface area contributed by atoms with Gasteiger partial charge in [-0.15, -0.1) is 21.5 Å². The van der Waals surface area contributed by atoms with Gasteiger partial charge in [0.25, 0.3) is 0 Å². The number of rotatable bonds is 6. The Hall–Kier alpha value is -3.70. The smallest absolute Gasteiger partial charge is 0.204 e. The molecule has 0 spiro atoms. The third-order valence-corrected chi connectivity index (χ3v) is 4.98. The summed E-state index contributed by atoms with van der Waals surface area (Å²) in [5.74, 6) is -0.857. The van der Waals surface area contributed by atoms with Gasteiger partial charge in [0.2, 0.25) is 5.82 Å². The molecule has 0 saturated carbocycles. The number of nitrogens with zero attached hydrogens (tertiary/aromatic N) is 6. The molecule has 7 nitrogen and oxygen atoms in total. The largest absolute Gasteiger partial charge is 0.296 e. The maximum Gasteiger partial charge on any atom is 0.204 e. The van der Waals surface area contributed by atoms with E-state index < -0.39 is 5.92 Å². The topological polar surface area (TPSA) is 97.3 Å². The van der Waals surface area contributed by atoms with Gasteiger partial charge in [-0.1, -0.05) is 60.7 Å². The first-order valence-electron chi connectivity index (χ1n) is 8.51. The number of tetrazole rings is 1. The first kappa shape index (κ1) is 17.7. The summed E-state index contributed by atoms with van der Waals surface area (Å²) in [6.07, 6.45) is 0. The van der Waals surface area contributed by atoms with E-state index in [4.69, 9.17) is 0 Å². The number of hydrogen-bond acceptors (Lipinski definition) is 7. The molecule has 4 aromatic rings.